The van der Waals surface area contributed by atoms with Crippen molar-refractivity contribution < 1.29 is 13.6 Å². The SMILES string of the molecule is CCN(C)C(=O)c1nn(CC(F)F)cc1N. The zero-order valence-electron chi connectivity index (χ0n) is 9.15. The van der Waals surface area contributed by atoms with Crippen LogP contribution < -0.4 is 5.73 Å². The van der Waals surface area contributed by atoms with Gasteiger partial charge in [-0.25, -0.2) is 8.78 Å². The van der Waals surface area contributed by atoms with Crippen LogP contribution in [0, 0.1) is 0 Å². The van der Waals surface area contributed by atoms with Crippen molar-refractivity contribution in [2.45, 2.75) is 19.9 Å². The van der Waals surface area contributed by atoms with Gasteiger partial charge in [0, 0.05) is 19.8 Å². The van der Waals surface area contributed by atoms with E-state index in [1.807, 2.05) is 0 Å². The molecule has 1 amide bonds. The number of rotatable bonds is 4. The Morgan fingerprint density at radius 3 is 2.81 bits per heavy atom. The Balaban J connectivity index is 2.89. The van der Waals surface area contributed by atoms with Crippen molar-refractivity contribution in [2.75, 3.05) is 19.3 Å². The molecule has 0 radical (unpaired) electrons. The van der Waals surface area contributed by atoms with Crippen molar-refractivity contribution in [1.82, 2.24) is 14.7 Å². The van der Waals surface area contributed by atoms with E-state index in [2.05, 4.69) is 5.10 Å². The summed E-state index contributed by atoms with van der Waals surface area (Å²) in [6.45, 7) is 1.73. The van der Waals surface area contributed by atoms with Crippen molar-refractivity contribution in [1.29, 1.82) is 0 Å². The Morgan fingerprint density at radius 1 is 1.69 bits per heavy atom. The number of nitrogens with zero attached hydrogens (tertiary/aromatic N) is 3. The number of hydrogen-bond acceptors (Lipinski definition) is 3. The fourth-order valence-corrected chi connectivity index (χ4v) is 1.16. The second kappa shape index (κ2) is 4.91. The van der Waals surface area contributed by atoms with Gasteiger partial charge in [-0.2, -0.15) is 5.10 Å². The monoisotopic (exact) mass is 232 g/mol. The number of amides is 1. The molecule has 0 saturated heterocycles. The maximum atomic E-state index is 12.1. The number of carbonyl (C=O) groups is 1. The minimum atomic E-state index is -2.52. The van der Waals surface area contributed by atoms with Gasteiger partial charge in [-0.15, -0.1) is 0 Å². The highest BCUT2D eigenvalue weighted by Gasteiger charge is 2.18. The molecule has 0 spiro atoms. The summed E-state index contributed by atoms with van der Waals surface area (Å²) in [5.74, 6) is -0.368. The van der Waals surface area contributed by atoms with Crippen molar-refractivity contribution in [3.8, 4) is 0 Å². The smallest absolute Gasteiger partial charge is 0.276 e. The molecule has 1 aromatic heterocycles. The first-order valence-corrected chi connectivity index (χ1v) is 4.82. The Morgan fingerprint density at radius 2 is 2.31 bits per heavy atom. The number of nitrogen functional groups attached to an aromatic ring is 1. The van der Waals surface area contributed by atoms with Crippen molar-refractivity contribution in [3.05, 3.63) is 11.9 Å². The average molecular weight is 232 g/mol. The summed E-state index contributed by atoms with van der Waals surface area (Å²) in [7, 11) is 1.59. The molecule has 1 rings (SSSR count). The fraction of sp³-hybridized carbons (Fsp3) is 0.556. The number of nitrogens with two attached hydrogens (primary N) is 1. The molecule has 0 bridgehead atoms. The predicted molar refractivity (Wildman–Crippen MR) is 55.3 cm³/mol. The van der Waals surface area contributed by atoms with E-state index in [4.69, 9.17) is 5.73 Å². The van der Waals surface area contributed by atoms with Gasteiger partial charge in [0.05, 0.1) is 5.69 Å². The number of carbonyl (C=O) groups excluding carboxylic acids is 1. The number of aromatic nitrogens is 2. The molecule has 5 nitrogen and oxygen atoms in total. The maximum absolute atomic E-state index is 12.1. The van der Waals surface area contributed by atoms with Crippen molar-refractivity contribution in [3.63, 3.8) is 0 Å². The first-order valence-electron chi connectivity index (χ1n) is 4.82. The minimum absolute atomic E-state index is 0.0185. The van der Waals surface area contributed by atoms with Crippen LogP contribution in [-0.4, -0.2) is 40.6 Å². The summed E-state index contributed by atoms with van der Waals surface area (Å²) in [6.07, 6.45) is -1.28. The average Bonchev–Trinajstić information content (AvgIpc) is 2.56. The molecule has 0 aliphatic carbocycles. The molecular weight excluding hydrogens is 218 g/mol. The summed E-state index contributed by atoms with van der Waals surface area (Å²) >= 11 is 0. The number of hydrogen-bond donors (Lipinski definition) is 1. The van der Waals surface area contributed by atoms with Crippen LogP contribution in [0.2, 0.25) is 0 Å². The lowest BCUT2D eigenvalue weighted by Gasteiger charge is -2.12. The topological polar surface area (TPSA) is 64.2 Å². The molecule has 0 atom stereocenters. The lowest BCUT2D eigenvalue weighted by molar-refractivity contribution is 0.0793. The Hall–Kier alpha value is -1.66. The quantitative estimate of drug-likeness (QED) is 0.836. The van der Waals surface area contributed by atoms with E-state index < -0.39 is 13.0 Å². The van der Waals surface area contributed by atoms with Gasteiger partial charge in [0.2, 0.25) is 0 Å². The number of alkyl halides is 2. The van der Waals surface area contributed by atoms with Crippen LogP contribution in [-0.2, 0) is 6.54 Å². The maximum Gasteiger partial charge on any atom is 0.276 e. The standard InChI is InChI=1S/C9H14F2N4O/c1-3-14(2)9(16)8-6(12)4-15(13-8)5-7(10)11/h4,7H,3,5,12H2,1-2H3. The fourth-order valence-electron chi connectivity index (χ4n) is 1.16. The normalized spacial score (nSPS) is 10.8. The van der Waals surface area contributed by atoms with Gasteiger partial charge in [0.25, 0.3) is 12.3 Å². The lowest BCUT2D eigenvalue weighted by Crippen LogP contribution is -2.27. The van der Waals surface area contributed by atoms with Gasteiger partial charge >= 0.3 is 0 Å². The molecule has 16 heavy (non-hydrogen) atoms. The predicted octanol–water partition coefficient (Wildman–Crippen LogP) is 0.822. The van der Waals surface area contributed by atoms with Gasteiger partial charge in [-0.1, -0.05) is 0 Å². The molecule has 2 N–H and O–H groups in total. The highest BCUT2D eigenvalue weighted by molar-refractivity contribution is 5.96. The molecule has 0 fully saturated rings. The van der Waals surface area contributed by atoms with Crippen LogP contribution in [0.3, 0.4) is 0 Å². The van der Waals surface area contributed by atoms with Gasteiger partial charge in [-0.3, -0.25) is 9.48 Å². The molecular formula is C9H14F2N4O. The van der Waals surface area contributed by atoms with Gasteiger partial charge in [0.15, 0.2) is 5.69 Å². The van der Waals surface area contributed by atoms with Crippen LogP contribution >= 0.6 is 0 Å². The molecule has 0 aliphatic rings. The largest absolute Gasteiger partial charge is 0.396 e. The first-order chi connectivity index (χ1) is 7.45. The molecule has 0 aromatic carbocycles. The van der Waals surface area contributed by atoms with Crippen LogP contribution in [0.4, 0.5) is 14.5 Å². The molecule has 90 valence electrons. The van der Waals surface area contributed by atoms with E-state index >= 15 is 0 Å². The second-order valence-electron chi connectivity index (χ2n) is 3.37. The highest BCUT2D eigenvalue weighted by atomic mass is 19.3. The van der Waals surface area contributed by atoms with Gasteiger partial charge < -0.3 is 10.6 Å². The Bertz CT molecular complexity index is 378. The molecule has 0 unspecified atom stereocenters. The summed E-state index contributed by atoms with van der Waals surface area (Å²) < 4.78 is 25.2. The lowest BCUT2D eigenvalue weighted by atomic mass is 10.3. The van der Waals surface area contributed by atoms with E-state index in [0.29, 0.717) is 6.54 Å². The molecule has 7 heteroatoms. The zero-order valence-corrected chi connectivity index (χ0v) is 9.15. The molecule has 1 heterocycles. The van der Waals surface area contributed by atoms with Crippen LogP contribution in [0.1, 0.15) is 17.4 Å². The summed E-state index contributed by atoms with van der Waals surface area (Å²) in [5.41, 5.74) is 5.67. The van der Waals surface area contributed by atoms with Gasteiger partial charge in [-0.05, 0) is 6.92 Å². The van der Waals surface area contributed by atoms with E-state index in [-0.39, 0.29) is 17.3 Å². The van der Waals surface area contributed by atoms with Crippen LogP contribution in [0.25, 0.3) is 0 Å². The molecule has 1 aromatic rings. The number of anilines is 1. The van der Waals surface area contributed by atoms with Gasteiger partial charge in [0.1, 0.15) is 6.54 Å². The Labute approximate surface area is 91.8 Å². The third-order valence-electron chi connectivity index (χ3n) is 2.14. The second-order valence-corrected chi connectivity index (χ2v) is 3.37. The van der Waals surface area contributed by atoms with Crippen molar-refractivity contribution in [2.24, 2.45) is 0 Å². The molecule has 0 aliphatic heterocycles. The first kappa shape index (κ1) is 12.4. The van der Waals surface area contributed by atoms with Crippen molar-refractivity contribution >= 4 is 11.6 Å². The summed E-state index contributed by atoms with van der Waals surface area (Å²) in [6, 6.07) is 0. The van der Waals surface area contributed by atoms with E-state index in [1.165, 1.54) is 11.1 Å². The van der Waals surface area contributed by atoms with Crippen LogP contribution in [0.15, 0.2) is 6.20 Å². The zero-order chi connectivity index (χ0) is 12.3. The number of halogens is 2. The van der Waals surface area contributed by atoms with Crippen LogP contribution in [0.5, 0.6) is 0 Å². The summed E-state index contributed by atoms with van der Waals surface area (Å²) in [5, 5.41) is 3.74. The Kier molecular flexibility index (Phi) is 3.81. The minimum Gasteiger partial charge on any atom is -0.396 e. The van der Waals surface area contributed by atoms with E-state index in [9.17, 15) is 13.6 Å². The summed E-state index contributed by atoms with van der Waals surface area (Å²) in [4.78, 5) is 13.1. The third kappa shape index (κ3) is 2.68. The highest BCUT2D eigenvalue weighted by Crippen LogP contribution is 2.12. The van der Waals surface area contributed by atoms with E-state index in [1.54, 1.807) is 14.0 Å². The third-order valence-corrected chi connectivity index (χ3v) is 2.14. The van der Waals surface area contributed by atoms with E-state index in [0.717, 1.165) is 4.68 Å². The molecule has 0 saturated carbocycles.